The molecule has 0 amide bonds. The van der Waals surface area contributed by atoms with Crippen LogP contribution in [0.3, 0.4) is 0 Å². The summed E-state index contributed by atoms with van der Waals surface area (Å²) in [6, 6.07) is 1.69. The summed E-state index contributed by atoms with van der Waals surface area (Å²) in [6.45, 7) is 7.00. The Balaban J connectivity index is 2.36. The van der Waals surface area contributed by atoms with Gasteiger partial charge in [-0.3, -0.25) is 0 Å². The molecule has 1 heterocycles. The molecule has 0 aromatic carbocycles. The van der Waals surface area contributed by atoms with Crippen LogP contribution in [0.4, 0.5) is 24.8 Å². The van der Waals surface area contributed by atoms with E-state index in [0.29, 0.717) is 18.3 Å². The zero-order chi connectivity index (χ0) is 15.6. The minimum absolute atomic E-state index is 0.0936. The van der Waals surface area contributed by atoms with Crippen molar-refractivity contribution >= 4 is 11.6 Å². The third kappa shape index (κ3) is 4.22. The number of rotatable bonds is 6. The first-order chi connectivity index (χ1) is 9.81. The van der Waals surface area contributed by atoms with Gasteiger partial charge in [-0.05, 0) is 39.5 Å². The van der Waals surface area contributed by atoms with Gasteiger partial charge in [0.2, 0.25) is 5.82 Å². The van der Waals surface area contributed by atoms with Gasteiger partial charge in [-0.1, -0.05) is 0 Å². The lowest BCUT2D eigenvalue weighted by Crippen LogP contribution is -2.34. The second-order valence-electron chi connectivity index (χ2n) is 5.65. The number of alkyl halides is 3. The number of halogens is 3. The summed E-state index contributed by atoms with van der Waals surface area (Å²) in [7, 11) is 0. The minimum atomic E-state index is -4.54. The Kier molecular flexibility index (Phi) is 4.58. The van der Waals surface area contributed by atoms with E-state index in [4.69, 9.17) is 0 Å². The molecule has 21 heavy (non-hydrogen) atoms. The van der Waals surface area contributed by atoms with Crippen LogP contribution in [0.1, 0.15) is 39.4 Å². The minimum Gasteiger partial charge on any atom is -0.370 e. The van der Waals surface area contributed by atoms with Crippen LogP contribution in [0.25, 0.3) is 0 Å². The molecule has 7 heteroatoms. The van der Waals surface area contributed by atoms with Crippen molar-refractivity contribution in [2.75, 3.05) is 23.3 Å². The molecule has 1 aromatic rings. The Bertz CT molecular complexity index is 484. The van der Waals surface area contributed by atoms with Crippen molar-refractivity contribution in [2.24, 2.45) is 5.92 Å². The molecule has 0 bridgehead atoms. The first kappa shape index (κ1) is 15.9. The standard InChI is InChI=1S/C14H21F3N4/c1-4-18-11-7-12(20-13(19-11)14(15,16)17)21(9(2)3)8-10-5-6-10/h7,9-10H,4-6,8H2,1-3H3,(H,18,19,20). The number of hydrogen-bond acceptors (Lipinski definition) is 4. The predicted molar refractivity (Wildman–Crippen MR) is 76.4 cm³/mol. The highest BCUT2D eigenvalue weighted by Gasteiger charge is 2.36. The second-order valence-corrected chi connectivity index (χ2v) is 5.65. The quantitative estimate of drug-likeness (QED) is 0.872. The molecule has 1 N–H and O–H groups in total. The highest BCUT2D eigenvalue weighted by atomic mass is 19.4. The van der Waals surface area contributed by atoms with E-state index in [9.17, 15) is 13.2 Å². The zero-order valence-electron chi connectivity index (χ0n) is 12.5. The zero-order valence-corrected chi connectivity index (χ0v) is 12.5. The van der Waals surface area contributed by atoms with Crippen molar-refractivity contribution < 1.29 is 13.2 Å². The predicted octanol–water partition coefficient (Wildman–Crippen LogP) is 3.55. The number of anilines is 2. The van der Waals surface area contributed by atoms with Crippen molar-refractivity contribution in [3.05, 3.63) is 11.9 Å². The Hall–Kier alpha value is -1.53. The Morgan fingerprint density at radius 2 is 2.00 bits per heavy atom. The van der Waals surface area contributed by atoms with Crippen LogP contribution in [0.5, 0.6) is 0 Å². The normalized spacial score (nSPS) is 15.4. The maximum Gasteiger partial charge on any atom is 0.451 e. The van der Waals surface area contributed by atoms with E-state index in [-0.39, 0.29) is 11.9 Å². The number of hydrogen-bond donors (Lipinski definition) is 1. The van der Waals surface area contributed by atoms with Crippen molar-refractivity contribution in [3.8, 4) is 0 Å². The summed E-state index contributed by atoms with van der Waals surface area (Å²) in [5.74, 6) is 0.0446. The van der Waals surface area contributed by atoms with Crippen LogP contribution in [0, 0.1) is 5.92 Å². The molecule has 1 saturated carbocycles. The van der Waals surface area contributed by atoms with Crippen LogP contribution < -0.4 is 10.2 Å². The van der Waals surface area contributed by atoms with E-state index in [1.165, 1.54) is 0 Å². The van der Waals surface area contributed by atoms with Crippen LogP contribution >= 0.6 is 0 Å². The highest BCUT2D eigenvalue weighted by Crippen LogP contribution is 2.34. The van der Waals surface area contributed by atoms with Crippen molar-refractivity contribution in [1.82, 2.24) is 9.97 Å². The van der Waals surface area contributed by atoms with Crippen molar-refractivity contribution in [3.63, 3.8) is 0 Å². The molecule has 2 rings (SSSR count). The van der Waals surface area contributed by atoms with Crippen molar-refractivity contribution in [2.45, 2.75) is 45.8 Å². The number of nitrogens with zero attached hydrogens (tertiary/aromatic N) is 3. The topological polar surface area (TPSA) is 41.0 Å². The fourth-order valence-electron chi connectivity index (χ4n) is 2.13. The lowest BCUT2D eigenvalue weighted by Gasteiger charge is -2.28. The van der Waals surface area contributed by atoms with Gasteiger partial charge in [0.15, 0.2) is 0 Å². The van der Waals surface area contributed by atoms with Gasteiger partial charge < -0.3 is 10.2 Å². The Morgan fingerprint density at radius 3 is 2.48 bits per heavy atom. The van der Waals surface area contributed by atoms with E-state index in [0.717, 1.165) is 19.4 Å². The lowest BCUT2D eigenvalue weighted by molar-refractivity contribution is -0.144. The molecule has 0 atom stereocenters. The fraction of sp³-hybridized carbons (Fsp3) is 0.714. The first-order valence-corrected chi connectivity index (χ1v) is 7.28. The van der Waals surface area contributed by atoms with Gasteiger partial charge in [-0.2, -0.15) is 13.2 Å². The van der Waals surface area contributed by atoms with E-state index < -0.39 is 12.0 Å². The van der Waals surface area contributed by atoms with Gasteiger partial charge >= 0.3 is 6.18 Å². The molecule has 0 saturated heterocycles. The molecule has 118 valence electrons. The van der Waals surface area contributed by atoms with E-state index in [1.807, 2.05) is 25.7 Å². The molecule has 1 aliphatic carbocycles. The molecule has 0 aliphatic heterocycles. The molecule has 1 aliphatic rings. The summed E-state index contributed by atoms with van der Waals surface area (Å²) < 4.78 is 38.9. The molecule has 1 fully saturated rings. The summed E-state index contributed by atoms with van der Waals surface area (Å²) >= 11 is 0. The average Bonchev–Trinajstić information content (AvgIpc) is 3.18. The average molecular weight is 302 g/mol. The van der Waals surface area contributed by atoms with Crippen molar-refractivity contribution in [1.29, 1.82) is 0 Å². The Morgan fingerprint density at radius 1 is 1.33 bits per heavy atom. The second kappa shape index (κ2) is 6.07. The van der Waals surface area contributed by atoms with Gasteiger partial charge in [-0.25, -0.2) is 9.97 Å². The van der Waals surface area contributed by atoms with Gasteiger partial charge in [0, 0.05) is 25.2 Å². The summed E-state index contributed by atoms with van der Waals surface area (Å²) in [6.07, 6.45) is -2.26. The van der Waals surface area contributed by atoms with E-state index in [1.54, 1.807) is 6.07 Å². The molecule has 0 radical (unpaired) electrons. The van der Waals surface area contributed by atoms with Crippen LogP contribution in [-0.2, 0) is 6.18 Å². The van der Waals surface area contributed by atoms with Crippen LogP contribution in [0.15, 0.2) is 6.07 Å². The highest BCUT2D eigenvalue weighted by molar-refractivity contribution is 5.50. The Labute approximate surface area is 122 Å². The number of aromatic nitrogens is 2. The summed E-state index contributed by atoms with van der Waals surface area (Å²) in [5.41, 5.74) is 0. The monoisotopic (exact) mass is 302 g/mol. The molecule has 4 nitrogen and oxygen atoms in total. The fourth-order valence-corrected chi connectivity index (χ4v) is 2.13. The van der Waals surface area contributed by atoms with Gasteiger partial charge in [0.05, 0.1) is 0 Å². The first-order valence-electron chi connectivity index (χ1n) is 7.28. The molecule has 0 unspecified atom stereocenters. The van der Waals surface area contributed by atoms with Crippen LogP contribution in [0.2, 0.25) is 0 Å². The van der Waals surface area contributed by atoms with Crippen LogP contribution in [-0.4, -0.2) is 29.1 Å². The molecule has 1 aromatic heterocycles. The largest absolute Gasteiger partial charge is 0.451 e. The van der Waals surface area contributed by atoms with E-state index in [2.05, 4.69) is 15.3 Å². The summed E-state index contributed by atoms with van der Waals surface area (Å²) in [4.78, 5) is 9.22. The SMILES string of the molecule is CCNc1cc(N(CC2CC2)C(C)C)nc(C(F)(F)F)n1. The van der Waals surface area contributed by atoms with Gasteiger partial charge in [0.1, 0.15) is 11.6 Å². The summed E-state index contributed by atoms with van der Waals surface area (Å²) in [5, 5.41) is 2.85. The van der Waals surface area contributed by atoms with Gasteiger partial charge in [0.25, 0.3) is 0 Å². The third-order valence-electron chi connectivity index (χ3n) is 3.39. The smallest absolute Gasteiger partial charge is 0.370 e. The number of nitrogens with one attached hydrogen (secondary N) is 1. The van der Waals surface area contributed by atoms with E-state index >= 15 is 0 Å². The maximum absolute atomic E-state index is 13.0. The molecular formula is C14H21F3N4. The lowest BCUT2D eigenvalue weighted by atomic mass is 10.2. The molecular weight excluding hydrogens is 281 g/mol. The maximum atomic E-state index is 13.0. The molecule has 0 spiro atoms. The third-order valence-corrected chi connectivity index (χ3v) is 3.39. The van der Waals surface area contributed by atoms with Gasteiger partial charge in [-0.15, -0.1) is 0 Å².